The Kier molecular flexibility index (Phi) is 24.1. The minimum Gasteiger partial charge on any atom is -0.466 e. The van der Waals surface area contributed by atoms with Crippen molar-refractivity contribution in [2.45, 2.75) is 60.8 Å². The summed E-state index contributed by atoms with van der Waals surface area (Å²) in [6, 6.07) is 0. The van der Waals surface area contributed by atoms with E-state index in [1.807, 2.05) is 0 Å². The van der Waals surface area contributed by atoms with E-state index in [9.17, 15) is 14.4 Å². The van der Waals surface area contributed by atoms with Gasteiger partial charge < -0.3 is 14.2 Å². The average molecular weight is 306 g/mol. The third kappa shape index (κ3) is 38.1. The zero-order chi connectivity index (χ0) is 17.1. The first-order valence-electron chi connectivity index (χ1n) is 7.27. The van der Waals surface area contributed by atoms with Gasteiger partial charge in [-0.2, -0.15) is 0 Å². The van der Waals surface area contributed by atoms with Crippen molar-refractivity contribution in [3.8, 4) is 0 Å². The lowest BCUT2D eigenvalue weighted by atomic mass is 10.4. The SMILES string of the molecule is CCCCOC(C)=O.CCOC(=O)CC.CCOC(C)=O. The normalized spacial score (nSPS) is 8.29. The zero-order valence-electron chi connectivity index (χ0n) is 14.2. The van der Waals surface area contributed by atoms with Gasteiger partial charge in [-0.05, 0) is 20.3 Å². The summed E-state index contributed by atoms with van der Waals surface area (Å²) in [5.41, 5.74) is 0. The van der Waals surface area contributed by atoms with Gasteiger partial charge in [0.05, 0.1) is 19.8 Å². The summed E-state index contributed by atoms with van der Waals surface area (Å²) in [6.07, 6.45) is 2.53. The van der Waals surface area contributed by atoms with Gasteiger partial charge in [0, 0.05) is 20.3 Å². The number of rotatable bonds is 6. The second kappa shape index (κ2) is 20.7. The molecule has 0 N–H and O–H groups in total. The van der Waals surface area contributed by atoms with Gasteiger partial charge in [-0.1, -0.05) is 20.3 Å². The van der Waals surface area contributed by atoms with Crippen molar-refractivity contribution in [2.24, 2.45) is 0 Å². The molecule has 0 spiro atoms. The summed E-state index contributed by atoms with van der Waals surface area (Å²) in [5.74, 6) is -0.515. The minimum atomic E-state index is -0.211. The third-order valence-corrected chi connectivity index (χ3v) is 1.74. The predicted octanol–water partition coefficient (Wildman–Crippen LogP) is 2.88. The lowest BCUT2D eigenvalue weighted by Crippen LogP contribution is -2.00. The van der Waals surface area contributed by atoms with E-state index in [2.05, 4.69) is 21.1 Å². The van der Waals surface area contributed by atoms with Crippen LogP contribution in [0.3, 0.4) is 0 Å². The molecule has 0 atom stereocenters. The van der Waals surface area contributed by atoms with Crippen LogP contribution in [-0.4, -0.2) is 37.7 Å². The molecule has 21 heavy (non-hydrogen) atoms. The van der Waals surface area contributed by atoms with Gasteiger partial charge in [0.15, 0.2) is 0 Å². The first kappa shape index (κ1) is 24.4. The molecule has 0 aromatic carbocycles. The molecular weight excluding hydrogens is 276 g/mol. The van der Waals surface area contributed by atoms with E-state index < -0.39 is 0 Å². The fourth-order valence-electron chi connectivity index (χ4n) is 0.827. The molecular formula is C15H30O6. The fraction of sp³-hybridized carbons (Fsp3) is 0.800. The van der Waals surface area contributed by atoms with Crippen LogP contribution in [-0.2, 0) is 28.6 Å². The van der Waals surface area contributed by atoms with Crippen LogP contribution in [0, 0.1) is 0 Å². The Morgan fingerprint density at radius 1 is 0.762 bits per heavy atom. The highest BCUT2D eigenvalue weighted by Crippen LogP contribution is 1.86. The van der Waals surface area contributed by atoms with E-state index in [1.54, 1.807) is 20.8 Å². The summed E-state index contributed by atoms with van der Waals surface area (Å²) in [5, 5.41) is 0. The molecule has 0 aromatic heterocycles. The maximum absolute atomic E-state index is 10.2. The van der Waals surface area contributed by atoms with Crippen LogP contribution < -0.4 is 0 Å². The Morgan fingerprint density at radius 2 is 1.24 bits per heavy atom. The number of hydrogen-bond donors (Lipinski definition) is 0. The Morgan fingerprint density at radius 3 is 1.43 bits per heavy atom. The van der Waals surface area contributed by atoms with Gasteiger partial charge >= 0.3 is 17.9 Å². The van der Waals surface area contributed by atoms with Crippen LogP contribution in [0.5, 0.6) is 0 Å². The molecule has 0 saturated carbocycles. The second-order valence-electron chi connectivity index (χ2n) is 3.78. The lowest BCUT2D eigenvalue weighted by Gasteiger charge is -1.96. The lowest BCUT2D eigenvalue weighted by molar-refractivity contribution is -0.143. The maximum Gasteiger partial charge on any atom is 0.305 e. The fourth-order valence-corrected chi connectivity index (χ4v) is 0.827. The molecule has 0 amide bonds. The topological polar surface area (TPSA) is 78.9 Å². The number of carbonyl (C=O) groups is 3. The second-order valence-corrected chi connectivity index (χ2v) is 3.78. The quantitative estimate of drug-likeness (QED) is 0.426. The molecule has 0 aliphatic heterocycles. The van der Waals surface area contributed by atoms with Gasteiger partial charge in [0.1, 0.15) is 0 Å². The zero-order valence-corrected chi connectivity index (χ0v) is 14.2. The van der Waals surface area contributed by atoms with Crippen molar-refractivity contribution in [1.29, 1.82) is 0 Å². The molecule has 0 heterocycles. The third-order valence-electron chi connectivity index (χ3n) is 1.74. The van der Waals surface area contributed by atoms with E-state index in [4.69, 9.17) is 0 Å². The van der Waals surface area contributed by atoms with Crippen LogP contribution in [0.15, 0.2) is 0 Å². The molecule has 126 valence electrons. The molecule has 0 aromatic rings. The number of hydrogen-bond acceptors (Lipinski definition) is 6. The molecule has 0 aliphatic rings. The van der Waals surface area contributed by atoms with Crippen molar-refractivity contribution < 1.29 is 28.6 Å². The standard InChI is InChI=1S/C6H12O2.C5H10O2.C4H8O2/c1-3-4-5-8-6(2)7;1-3-5(6)7-4-2;1-3-6-4(2)5/h3-5H2,1-2H3;3-4H2,1-2H3;3H2,1-2H3. The van der Waals surface area contributed by atoms with E-state index in [0.717, 1.165) is 12.8 Å². The van der Waals surface area contributed by atoms with Crippen molar-refractivity contribution in [1.82, 2.24) is 0 Å². The highest BCUT2D eigenvalue weighted by Gasteiger charge is 1.91. The average Bonchev–Trinajstić information content (AvgIpc) is 2.40. The Bertz CT molecular complexity index is 263. The molecule has 0 fully saturated rings. The first-order chi connectivity index (χ1) is 9.85. The minimum absolute atomic E-state index is 0.123. The molecule has 0 unspecified atom stereocenters. The largest absolute Gasteiger partial charge is 0.466 e. The Balaban J connectivity index is -0.000000234. The van der Waals surface area contributed by atoms with E-state index in [0.29, 0.717) is 26.2 Å². The van der Waals surface area contributed by atoms with Crippen molar-refractivity contribution in [2.75, 3.05) is 19.8 Å². The number of esters is 3. The molecule has 0 rings (SSSR count). The summed E-state index contributed by atoms with van der Waals surface area (Å²) in [7, 11) is 0. The Hall–Kier alpha value is -1.59. The van der Waals surface area contributed by atoms with Crippen molar-refractivity contribution >= 4 is 17.9 Å². The predicted molar refractivity (Wildman–Crippen MR) is 80.8 cm³/mol. The summed E-state index contributed by atoms with van der Waals surface area (Å²) >= 11 is 0. The van der Waals surface area contributed by atoms with Crippen LogP contribution in [0.2, 0.25) is 0 Å². The molecule has 6 nitrogen and oxygen atoms in total. The van der Waals surface area contributed by atoms with E-state index >= 15 is 0 Å². The molecule has 0 aliphatic carbocycles. The van der Waals surface area contributed by atoms with Gasteiger partial charge in [-0.15, -0.1) is 0 Å². The summed E-state index contributed by atoms with van der Waals surface area (Å²) in [6.45, 7) is 11.8. The molecule has 0 saturated heterocycles. The van der Waals surface area contributed by atoms with Crippen molar-refractivity contribution in [3.05, 3.63) is 0 Å². The summed E-state index contributed by atoms with van der Waals surface area (Å²) < 4.78 is 13.6. The number of unbranched alkanes of at least 4 members (excludes halogenated alkanes) is 1. The van der Waals surface area contributed by atoms with Gasteiger partial charge in [-0.25, -0.2) is 0 Å². The molecule has 0 radical (unpaired) electrons. The van der Waals surface area contributed by atoms with Crippen LogP contribution in [0.4, 0.5) is 0 Å². The summed E-state index contributed by atoms with van der Waals surface area (Å²) in [4.78, 5) is 30.1. The Labute approximate surface area is 128 Å². The van der Waals surface area contributed by atoms with Crippen LogP contribution in [0.25, 0.3) is 0 Å². The molecule has 6 heteroatoms. The van der Waals surface area contributed by atoms with E-state index in [-0.39, 0.29) is 17.9 Å². The highest BCUT2D eigenvalue weighted by molar-refractivity contribution is 5.68. The van der Waals surface area contributed by atoms with Gasteiger partial charge in [0.25, 0.3) is 0 Å². The number of carbonyl (C=O) groups excluding carboxylic acids is 3. The van der Waals surface area contributed by atoms with Crippen molar-refractivity contribution in [3.63, 3.8) is 0 Å². The monoisotopic (exact) mass is 306 g/mol. The smallest absolute Gasteiger partial charge is 0.305 e. The van der Waals surface area contributed by atoms with Gasteiger partial charge in [0.2, 0.25) is 0 Å². The number of ether oxygens (including phenoxy) is 3. The van der Waals surface area contributed by atoms with Crippen LogP contribution in [0.1, 0.15) is 60.8 Å². The maximum atomic E-state index is 10.2. The molecule has 0 bridgehead atoms. The van der Waals surface area contributed by atoms with E-state index in [1.165, 1.54) is 13.8 Å². The first-order valence-corrected chi connectivity index (χ1v) is 7.27. The highest BCUT2D eigenvalue weighted by atomic mass is 16.5. The van der Waals surface area contributed by atoms with Crippen LogP contribution >= 0.6 is 0 Å². The van der Waals surface area contributed by atoms with Gasteiger partial charge in [-0.3, -0.25) is 14.4 Å².